The minimum Gasteiger partial charge on any atom is -0.254 e. The third-order valence-electron chi connectivity index (χ3n) is 3.95. The average Bonchev–Trinajstić information content (AvgIpc) is 2.45. The zero-order valence-corrected chi connectivity index (χ0v) is 12.6. The fraction of sp³-hybridized carbons (Fsp3) is 0.533. The van der Waals surface area contributed by atoms with E-state index in [-0.39, 0.29) is 11.2 Å². The van der Waals surface area contributed by atoms with Gasteiger partial charge in [-0.1, -0.05) is 31.0 Å². The molecular weight excluding hydrogens is 278 g/mol. The number of halogens is 1. The van der Waals surface area contributed by atoms with Crippen molar-refractivity contribution in [3.8, 4) is 6.07 Å². The number of hydrogen-bond acceptors (Lipinski definition) is 2. The Labute approximate surface area is 122 Å². The van der Waals surface area contributed by atoms with Crippen molar-refractivity contribution in [3.05, 3.63) is 29.3 Å². The molecule has 0 saturated heterocycles. The maximum absolute atomic E-state index is 12.7. The molecule has 19 heavy (non-hydrogen) atoms. The molecule has 4 heteroatoms. The van der Waals surface area contributed by atoms with Gasteiger partial charge in [0.2, 0.25) is 0 Å². The van der Waals surface area contributed by atoms with Gasteiger partial charge in [0.25, 0.3) is 0 Å². The molecule has 0 aromatic heterocycles. The zero-order chi connectivity index (χ0) is 13.8. The van der Waals surface area contributed by atoms with Crippen molar-refractivity contribution < 1.29 is 4.21 Å². The second-order valence-electron chi connectivity index (χ2n) is 5.12. The molecule has 0 radical (unpaired) electrons. The molecular formula is C15H18ClNOS. The summed E-state index contributed by atoms with van der Waals surface area (Å²) >= 11 is 5.95. The number of nitriles is 1. The number of rotatable bonds is 3. The molecule has 2 rings (SSSR count). The van der Waals surface area contributed by atoms with Crippen LogP contribution in [0.25, 0.3) is 0 Å². The minimum atomic E-state index is -1.14. The molecule has 0 amide bonds. The standard InChI is InChI=1S/C15H18ClNOS/c1-2-11-6-7-12(10-17)15(8-11)19(18)14-5-3-4-13(16)9-14/h3-5,9,11-12,15H,2,6-8H2,1H3. The lowest BCUT2D eigenvalue weighted by atomic mass is 9.81. The quantitative estimate of drug-likeness (QED) is 0.840. The van der Waals surface area contributed by atoms with Crippen molar-refractivity contribution in [1.29, 1.82) is 5.26 Å². The maximum Gasteiger partial charge on any atom is 0.0668 e. The first-order valence-corrected chi connectivity index (χ1v) is 8.30. The maximum atomic E-state index is 12.7. The lowest BCUT2D eigenvalue weighted by Crippen LogP contribution is -2.32. The van der Waals surface area contributed by atoms with Crippen molar-refractivity contribution in [2.24, 2.45) is 11.8 Å². The van der Waals surface area contributed by atoms with Gasteiger partial charge < -0.3 is 0 Å². The topological polar surface area (TPSA) is 40.9 Å². The van der Waals surface area contributed by atoms with Crippen LogP contribution in [0.15, 0.2) is 29.2 Å². The molecule has 2 nitrogen and oxygen atoms in total. The smallest absolute Gasteiger partial charge is 0.0668 e. The number of hydrogen-bond donors (Lipinski definition) is 0. The average molecular weight is 296 g/mol. The molecule has 1 aromatic rings. The van der Waals surface area contributed by atoms with Crippen LogP contribution in [0, 0.1) is 23.2 Å². The monoisotopic (exact) mass is 295 g/mol. The predicted molar refractivity (Wildman–Crippen MR) is 78.4 cm³/mol. The van der Waals surface area contributed by atoms with E-state index >= 15 is 0 Å². The van der Waals surface area contributed by atoms with Gasteiger partial charge in [0.05, 0.1) is 28.0 Å². The summed E-state index contributed by atoms with van der Waals surface area (Å²) < 4.78 is 12.7. The molecule has 1 aliphatic carbocycles. The Hall–Kier alpha value is -0.850. The molecule has 0 spiro atoms. The Balaban J connectivity index is 2.22. The highest BCUT2D eigenvalue weighted by molar-refractivity contribution is 7.85. The second-order valence-corrected chi connectivity index (χ2v) is 7.22. The molecule has 102 valence electrons. The van der Waals surface area contributed by atoms with Gasteiger partial charge in [-0.2, -0.15) is 5.26 Å². The molecule has 0 heterocycles. The Kier molecular flexibility index (Phi) is 5.01. The summed E-state index contributed by atoms with van der Waals surface area (Å²) in [5.41, 5.74) is 0. The molecule has 1 aromatic carbocycles. The normalized spacial score (nSPS) is 28.6. The van der Waals surface area contributed by atoms with Crippen LogP contribution in [0.1, 0.15) is 32.6 Å². The Morgan fingerprint density at radius 2 is 2.26 bits per heavy atom. The van der Waals surface area contributed by atoms with Crippen molar-refractivity contribution in [3.63, 3.8) is 0 Å². The molecule has 1 aliphatic rings. The van der Waals surface area contributed by atoms with Crippen LogP contribution in [0.2, 0.25) is 5.02 Å². The fourth-order valence-electron chi connectivity index (χ4n) is 2.73. The predicted octanol–water partition coefficient (Wildman–Crippen LogP) is 4.17. The highest BCUT2D eigenvalue weighted by atomic mass is 35.5. The molecule has 1 saturated carbocycles. The Bertz CT molecular complexity index is 511. The lowest BCUT2D eigenvalue weighted by molar-refractivity contribution is 0.313. The van der Waals surface area contributed by atoms with Crippen molar-refractivity contribution in [2.45, 2.75) is 42.8 Å². The Morgan fingerprint density at radius 1 is 1.47 bits per heavy atom. The first-order chi connectivity index (χ1) is 9.15. The van der Waals surface area contributed by atoms with Gasteiger partial charge in [-0.15, -0.1) is 0 Å². The molecule has 4 unspecified atom stereocenters. The van der Waals surface area contributed by atoms with E-state index in [9.17, 15) is 9.47 Å². The van der Waals surface area contributed by atoms with E-state index in [2.05, 4.69) is 13.0 Å². The van der Waals surface area contributed by atoms with Crippen molar-refractivity contribution in [1.82, 2.24) is 0 Å². The van der Waals surface area contributed by atoms with E-state index in [1.807, 2.05) is 12.1 Å². The summed E-state index contributed by atoms with van der Waals surface area (Å²) in [5, 5.41) is 9.81. The van der Waals surface area contributed by atoms with Gasteiger partial charge in [-0.05, 0) is 43.4 Å². The van der Waals surface area contributed by atoms with Crippen LogP contribution < -0.4 is 0 Å². The molecule has 0 bridgehead atoms. The summed E-state index contributed by atoms with van der Waals surface area (Å²) in [4.78, 5) is 0.745. The minimum absolute atomic E-state index is 0.0535. The first kappa shape index (κ1) is 14.6. The van der Waals surface area contributed by atoms with E-state index in [0.29, 0.717) is 10.9 Å². The molecule has 0 N–H and O–H groups in total. The third-order valence-corrected chi connectivity index (χ3v) is 5.97. The van der Waals surface area contributed by atoms with Gasteiger partial charge in [-0.25, -0.2) is 0 Å². The fourth-order valence-corrected chi connectivity index (χ4v) is 4.74. The van der Waals surface area contributed by atoms with Gasteiger partial charge in [0, 0.05) is 9.92 Å². The van der Waals surface area contributed by atoms with Crippen LogP contribution in [-0.2, 0) is 10.8 Å². The van der Waals surface area contributed by atoms with E-state index < -0.39 is 10.8 Å². The first-order valence-electron chi connectivity index (χ1n) is 6.71. The number of benzene rings is 1. The van der Waals surface area contributed by atoms with Crippen LogP contribution in [0.5, 0.6) is 0 Å². The van der Waals surface area contributed by atoms with Gasteiger partial charge in [0.15, 0.2) is 0 Å². The highest BCUT2D eigenvalue weighted by Crippen LogP contribution is 2.35. The second kappa shape index (κ2) is 6.54. The van der Waals surface area contributed by atoms with Gasteiger partial charge in [0.1, 0.15) is 0 Å². The summed E-state index contributed by atoms with van der Waals surface area (Å²) in [7, 11) is -1.14. The highest BCUT2D eigenvalue weighted by Gasteiger charge is 2.34. The van der Waals surface area contributed by atoms with E-state index in [1.54, 1.807) is 12.1 Å². The summed E-state index contributed by atoms with van der Waals surface area (Å²) in [5.74, 6) is 0.500. The molecule has 0 aliphatic heterocycles. The van der Waals surface area contributed by atoms with Crippen LogP contribution in [-0.4, -0.2) is 9.46 Å². The van der Waals surface area contributed by atoms with Crippen LogP contribution >= 0.6 is 11.6 Å². The Morgan fingerprint density at radius 3 is 2.89 bits per heavy atom. The zero-order valence-electron chi connectivity index (χ0n) is 11.0. The molecule has 4 atom stereocenters. The van der Waals surface area contributed by atoms with Gasteiger partial charge >= 0.3 is 0 Å². The number of nitrogens with zero attached hydrogens (tertiary/aromatic N) is 1. The van der Waals surface area contributed by atoms with Gasteiger partial charge in [-0.3, -0.25) is 4.21 Å². The lowest BCUT2D eigenvalue weighted by Gasteiger charge is -2.31. The SMILES string of the molecule is CCC1CCC(C#N)C(S(=O)c2cccc(Cl)c2)C1. The van der Waals surface area contributed by atoms with Crippen molar-refractivity contribution >= 4 is 22.4 Å². The van der Waals surface area contributed by atoms with Crippen molar-refractivity contribution in [2.75, 3.05) is 0 Å². The summed E-state index contributed by atoms with van der Waals surface area (Å²) in [6.45, 7) is 2.16. The molecule has 1 fully saturated rings. The summed E-state index contributed by atoms with van der Waals surface area (Å²) in [6, 6.07) is 9.52. The van der Waals surface area contributed by atoms with Crippen LogP contribution in [0.4, 0.5) is 0 Å². The summed E-state index contributed by atoms with van der Waals surface area (Å²) in [6.07, 6.45) is 3.93. The van der Waals surface area contributed by atoms with E-state index in [0.717, 1.165) is 30.6 Å². The third kappa shape index (κ3) is 3.38. The largest absolute Gasteiger partial charge is 0.254 e. The van der Waals surface area contributed by atoms with E-state index in [4.69, 9.17) is 11.6 Å². The van der Waals surface area contributed by atoms with Crippen LogP contribution in [0.3, 0.4) is 0 Å². The van der Waals surface area contributed by atoms with E-state index in [1.165, 1.54) is 0 Å².